The molecule has 4 heteroatoms. The fourth-order valence-corrected chi connectivity index (χ4v) is 2.04. The van der Waals surface area contributed by atoms with Crippen molar-refractivity contribution in [1.82, 2.24) is 0 Å². The predicted molar refractivity (Wildman–Crippen MR) is 68.0 cm³/mol. The van der Waals surface area contributed by atoms with Gasteiger partial charge in [-0.3, -0.25) is 4.18 Å². The summed E-state index contributed by atoms with van der Waals surface area (Å²) in [6, 6.07) is 0. The minimum absolute atomic E-state index is 0.342. The third kappa shape index (κ3) is 13.9. The summed E-state index contributed by atoms with van der Waals surface area (Å²) in [4.78, 5) is 0. The minimum Gasteiger partial charge on any atom is -0.270 e. The Bertz CT molecular complexity index is 235. The van der Waals surface area contributed by atoms with Crippen molar-refractivity contribution >= 4 is 10.1 Å². The lowest BCUT2D eigenvalue weighted by atomic mass is 10.1. The molecule has 0 amide bonds. The number of unbranched alkanes of at least 4 members (excludes halogenated alkanes) is 8. The lowest BCUT2D eigenvalue weighted by molar-refractivity contribution is 0.309. The minimum atomic E-state index is -3.23. The number of hydrogen-bond acceptors (Lipinski definition) is 3. The van der Waals surface area contributed by atoms with Crippen LogP contribution in [0.5, 0.6) is 0 Å². The predicted octanol–water partition coefficient (Wildman–Crippen LogP) is 3.49. The van der Waals surface area contributed by atoms with Crippen LogP contribution in [-0.4, -0.2) is 21.3 Å². The lowest BCUT2D eigenvalue weighted by Gasteiger charge is -2.02. The molecule has 0 aliphatic rings. The Kier molecular flexibility index (Phi) is 10.0. The first-order chi connectivity index (χ1) is 7.56. The van der Waals surface area contributed by atoms with E-state index in [-0.39, 0.29) is 0 Å². The van der Waals surface area contributed by atoms with Gasteiger partial charge in [0, 0.05) is 0 Å². The van der Waals surface area contributed by atoms with Gasteiger partial charge in [0.2, 0.25) is 0 Å². The van der Waals surface area contributed by atoms with Crippen LogP contribution in [0.2, 0.25) is 0 Å². The van der Waals surface area contributed by atoms with Crippen LogP contribution in [0.4, 0.5) is 0 Å². The molecule has 0 atom stereocenters. The highest BCUT2D eigenvalue weighted by atomic mass is 32.2. The van der Waals surface area contributed by atoms with Gasteiger partial charge >= 0.3 is 0 Å². The van der Waals surface area contributed by atoms with Crippen molar-refractivity contribution in [2.75, 3.05) is 12.9 Å². The molecular weight excluding hydrogens is 224 g/mol. The van der Waals surface area contributed by atoms with E-state index in [0.717, 1.165) is 19.1 Å². The van der Waals surface area contributed by atoms with E-state index in [4.69, 9.17) is 0 Å². The summed E-state index contributed by atoms with van der Waals surface area (Å²) in [5, 5.41) is 0. The zero-order chi connectivity index (χ0) is 12.3. The molecule has 0 saturated carbocycles. The smallest absolute Gasteiger partial charge is 0.264 e. The van der Waals surface area contributed by atoms with Gasteiger partial charge in [-0.25, -0.2) is 0 Å². The van der Waals surface area contributed by atoms with Crippen molar-refractivity contribution in [2.45, 2.75) is 64.7 Å². The third-order valence-corrected chi connectivity index (χ3v) is 3.14. The monoisotopic (exact) mass is 250 g/mol. The van der Waals surface area contributed by atoms with Gasteiger partial charge in [0.1, 0.15) is 0 Å². The molecule has 0 heterocycles. The Morgan fingerprint density at radius 2 is 1.25 bits per heavy atom. The van der Waals surface area contributed by atoms with Crippen LogP contribution in [-0.2, 0) is 14.3 Å². The van der Waals surface area contributed by atoms with Gasteiger partial charge in [-0.1, -0.05) is 58.3 Å². The van der Waals surface area contributed by atoms with Crippen molar-refractivity contribution in [1.29, 1.82) is 0 Å². The largest absolute Gasteiger partial charge is 0.270 e. The molecule has 0 saturated heterocycles. The fraction of sp³-hybridized carbons (Fsp3) is 1.00. The Hall–Kier alpha value is -0.0900. The van der Waals surface area contributed by atoms with Crippen LogP contribution in [0, 0.1) is 0 Å². The molecule has 0 unspecified atom stereocenters. The Morgan fingerprint density at radius 3 is 1.69 bits per heavy atom. The SMILES string of the molecule is CCCCCCCCCCCOS(C)(=O)=O. The van der Waals surface area contributed by atoms with E-state index in [9.17, 15) is 8.42 Å². The molecule has 16 heavy (non-hydrogen) atoms. The van der Waals surface area contributed by atoms with Crippen molar-refractivity contribution in [3.05, 3.63) is 0 Å². The molecule has 3 nitrogen and oxygen atoms in total. The van der Waals surface area contributed by atoms with E-state index in [0.29, 0.717) is 6.61 Å². The zero-order valence-corrected chi connectivity index (χ0v) is 11.5. The molecule has 0 radical (unpaired) electrons. The number of rotatable bonds is 11. The van der Waals surface area contributed by atoms with Crippen molar-refractivity contribution in [3.8, 4) is 0 Å². The quantitative estimate of drug-likeness (QED) is 0.416. The van der Waals surface area contributed by atoms with Crippen LogP contribution in [0.25, 0.3) is 0 Å². The van der Waals surface area contributed by atoms with Gasteiger partial charge in [0.05, 0.1) is 12.9 Å². The molecule has 98 valence electrons. The standard InChI is InChI=1S/C12H26O3S/c1-3-4-5-6-7-8-9-10-11-12-15-16(2,13)14/h3-12H2,1-2H3. The van der Waals surface area contributed by atoms with Crippen LogP contribution in [0.1, 0.15) is 64.7 Å². The lowest BCUT2D eigenvalue weighted by Crippen LogP contribution is -2.03. The summed E-state index contributed by atoms with van der Waals surface area (Å²) in [5.41, 5.74) is 0. The summed E-state index contributed by atoms with van der Waals surface area (Å²) in [6.45, 7) is 2.57. The van der Waals surface area contributed by atoms with Crippen molar-refractivity contribution in [3.63, 3.8) is 0 Å². The second-order valence-electron chi connectivity index (χ2n) is 4.35. The van der Waals surface area contributed by atoms with E-state index < -0.39 is 10.1 Å². The van der Waals surface area contributed by atoms with Crippen LogP contribution in [0.15, 0.2) is 0 Å². The molecule has 0 aromatic heterocycles. The molecule has 0 aromatic carbocycles. The average Bonchev–Trinajstić information content (AvgIpc) is 2.19. The Labute approximate surface area is 101 Å². The van der Waals surface area contributed by atoms with Gasteiger partial charge in [-0.05, 0) is 6.42 Å². The van der Waals surface area contributed by atoms with E-state index >= 15 is 0 Å². The van der Waals surface area contributed by atoms with Crippen molar-refractivity contribution < 1.29 is 12.6 Å². The van der Waals surface area contributed by atoms with Crippen LogP contribution < -0.4 is 0 Å². The molecule has 0 N–H and O–H groups in total. The maximum absolute atomic E-state index is 10.6. The molecule has 0 rings (SSSR count). The second kappa shape index (κ2) is 10.1. The highest BCUT2D eigenvalue weighted by Crippen LogP contribution is 2.09. The maximum atomic E-state index is 10.6. The Balaban J connectivity index is 3.05. The van der Waals surface area contributed by atoms with Crippen LogP contribution >= 0.6 is 0 Å². The first-order valence-electron chi connectivity index (χ1n) is 6.40. The van der Waals surface area contributed by atoms with Gasteiger partial charge < -0.3 is 0 Å². The normalized spacial score (nSPS) is 11.9. The third-order valence-electron chi connectivity index (χ3n) is 2.55. The van der Waals surface area contributed by atoms with Gasteiger partial charge in [0.15, 0.2) is 0 Å². The molecule has 0 fully saturated rings. The zero-order valence-electron chi connectivity index (χ0n) is 10.7. The molecule has 0 aromatic rings. The summed E-state index contributed by atoms with van der Waals surface area (Å²) >= 11 is 0. The molecule has 0 aliphatic carbocycles. The Morgan fingerprint density at radius 1 is 0.812 bits per heavy atom. The van der Waals surface area contributed by atoms with E-state index in [2.05, 4.69) is 11.1 Å². The fourth-order valence-electron chi connectivity index (χ4n) is 1.62. The van der Waals surface area contributed by atoms with Gasteiger partial charge in [-0.2, -0.15) is 8.42 Å². The topological polar surface area (TPSA) is 43.4 Å². The average molecular weight is 250 g/mol. The first kappa shape index (κ1) is 15.9. The number of hydrogen-bond donors (Lipinski definition) is 0. The highest BCUT2D eigenvalue weighted by molar-refractivity contribution is 7.85. The van der Waals surface area contributed by atoms with Crippen molar-refractivity contribution in [2.24, 2.45) is 0 Å². The molecule has 0 bridgehead atoms. The molecular formula is C12H26O3S. The van der Waals surface area contributed by atoms with Gasteiger partial charge in [-0.15, -0.1) is 0 Å². The molecule has 0 aliphatic heterocycles. The summed E-state index contributed by atoms with van der Waals surface area (Å²) < 4.78 is 26.0. The summed E-state index contributed by atoms with van der Waals surface area (Å²) in [6.07, 6.45) is 12.1. The second-order valence-corrected chi connectivity index (χ2v) is 6.00. The van der Waals surface area contributed by atoms with Gasteiger partial charge in [0.25, 0.3) is 10.1 Å². The summed E-state index contributed by atoms with van der Waals surface area (Å²) in [7, 11) is -3.23. The maximum Gasteiger partial charge on any atom is 0.264 e. The van der Waals surface area contributed by atoms with Crippen LogP contribution in [0.3, 0.4) is 0 Å². The van der Waals surface area contributed by atoms with E-state index in [1.54, 1.807) is 0 Å². The molecule has 0 spiro atoms. The first-order valence-corrected chi connectivity index (χ1v) is 8.22. The highest BCUT2D eigenvalue weighted by Gasteiger charge is 2.00. The van der Waals surface area contributed by atoms with E-state index in [1.165, 1.54) is 44.9 Å². The summed E-state index contributed by atoms with van der Waals surface area (Å²) in [5.74, 6) is 0. The van der Waals surface area contributed by atoms with E-state index in [1.807, 2.05) is 0 Å².